The summed E-state index contributed by atoms with van der Waals surface area (Å²) in [6.45, 7) is 19.8. The van der Waals surface area contributed by atoms with E-state index in [4.69, 9.17) is 0 Å². The van der Waals surface area contributed by atoms with Crippen LogP contribution < -0.4 is 4.57 Å². The predicted molar refractivity (Wildman–Crippen MR) is 172 cm³/mol. The fourth-order valence-corrected chi connectivity index (χ4v) is 9.91. The average molecular weight is 541 g/mol. The molecule has 3 aromatic carbocycles. The Hall–Kier alpha value is -2.93. The third-order valence-corrected chi connectivity index (χ3v) is 13.5. The number of fused-ring (bicyclic) bond motifs is 9. The topological polar surface area (TPSA) is 3.88 Å². The zero-order valence-electron chi connectivity index (χ0n) is 26.5. The zero-order chi connectivity index (χ0) is 28.7. The van der Waals surface area contributed by atoms with Gasteiger partial charge in [0.25, 0.3) is 0 Å². The minimum Gasteiger partial charge on any atom is -0.192 e. The number of hydrogen-bond acceptors (Lipinski definition) is 0. The molecule has 5 aliphatic rings. The van der Waals surface area contributed by atoms with Gasteiger partial charge >= 0.3 is 0 Å². The quantitative estimate of drug-likeness (QED) is 0.223. The molecule has 2 heterocycles. The second-order valence-corrected chi connectivity index (χ2v) is 15.6. The van der Waals surface area contributed by atoms with Crippen LogP contribution >= 0.6 is 0 Å². The number of nitrogens with zero attached hydrogens (tertiary/aromatic N) is 1. The van der Waals surface area contributed by atoms with E-state index in [2.05, 4.69) is 121 Å². The lowest BCUT2D eigenvalue weighted by atomic mass is 9.52. The normalized spacial score (nSPS) is 31.8. The van der Waals surface area contributed by atoms with Gasteiger partial charge < -0.3 is 0 Å². The van der Waals surface area contributed by atoms with Gasteiger partial charge in [-0.3, -0.25) is 0 Å². The molecular formula is C40H46N+. The Morgan fingerprint density at radius 2 is 1.20 bits per heavy atom. The van der Waals surface area contributed by atoms with Crippen molar-refractivity contribution in [2.45, 2.75) is 121 Å². The molecule has 4 aliphatic carbocycles. The van der Waals surface area contributed by atoms with E-state index in [9.17, 15) is 0 Å². The van der Waals surface area contributed by atoms with Gasteiger partial charge in [0.1, 0.15) is 0 Å². The van der Waals surface area contributed by atoms with E-state index in [1.165, 1.54) is 75.5 Å². The fraction of sp³-hybridized carbons (Fsp3) is 0.475. The molecule has 1 aliphatic heterocycles. The highest BCUT2D eigenvalue weighted by Gasteiger charge is 2.57. The highest BCUT2D eigenvalue weighted by molar-refractivity contribution is 5.89. The molecule has 4 aromatic rings. The lowest BCUT2D eigenvalue weighted by molar-refractivity contribution is -0.764. The first-order valence-electron chi connectivity index (χ1n) is 16.2. The summed E-state index contributed by atoms with van der Waals surface area (Å²) < 4.78 is 2.71. The molecule has 1 nitrogen and oxygen atoms in total. The van der Waals surface area contributed by atoms with E-state index in [1.54, 1.807) is 11.1 Å². The van der Waals surface area contributed by atoms with Gasteiger partial charge in [-0.15, -0.1) is 0 Å². The SMILES string of the molecule is CCC1(C)c2cc3c(cc2-c2cc4cc5c(cc4c[n+]2C1(C)CC)C1(C)CCC5(C)CC1)C(C)(C)c1ccccc1-3. The lowest BCUT2D eigenvalue weighted by Gasteiger charge is -2.52. The summed E-state index contributed by atoms with van der Waals surface area (Å²) in [4.78, 5) is 0. The Bertz CT molecular complexity index is 1800. The maximum atomic E-state index is 2.71. The van der Waals surface area contributed by atoms with Crippen LogP contribution in [0.15, 0.2) is 60.8 Å². The van der Waals surface area contributed by atoms with Gasteiger partial charge in [0.15, 0.2) is 11.7 Å². The van der Waals surface area contributed by atoms with Gasteiger partial charge in [0.2, 0.25) is 5.69 Å². The van der Waals surface area contributed by atoms with Crippen molar-refractivity contribution < 1.29 is 4.57 Å². The molecule has 1 saturated carbocycles. The number of pyridine rings is 1. The van der Waals surface area contributed by atoms with Crippen molar-refractivity contribution in [3.05, 3.63) is 88.6 Å². The number of hydrogen-bond donors (Lipinski definition) is 0. The van der Waals surface area contributed by atoms with Gasteiger partial charge in [-0.1, -0.05) is 65.8 Å². The Kier molecular flexibility index (Phi) is 4.85. The molecule has 210 valence electrons. The van der Waals surface area contributed by atoms with Crippen molar-refractivity contribution in [2.75, 3.05) is 0 Å². The van der Waals surface area contributed by atoms with Crippen LogP contribution in [0.2, 0.25) is 0 Å². The van der Waals surface area contributed by atoms with Crippen LogP contribution in [-0.4, -0.2) is 0 Å². The summed E-state index contributed by atoms with van der Waals surface area (Å²) in [5, 5.41) is 2.83. The van der Waals surface area contributed by atoms with Crippen LogP contribution in [0.3, 0.4) is 0 Å². The van der Waals surface area contributed by atoms with Crippen molar-refractivity contribution in [3.63, 3.8) is 0 Å². The van der Waals surface area contributed by atoms with Gasteiger partial charge in [-0.05, 0) is 118 Å². The van der Waals surface area contributed by atoms with Crippen molar-refractivity contribution in [2.24, 2.45) is 0 Å². The van der Waals surface area contributed by atoms with Gasteiger partial charge in [-0.2, -0.15) is 4.57 Å². The standard InChI is InChI=1S/C40H46N/c1-9-39(7)32-22-28-27-13-11-12-14-30(27)36(3,4)31(28)23-29(32)35-21-25-19-33-34(38(6)17-15-37(33,5)16-18-38)20-26(25)24-41(35)40(39,8)10-2/h11-14,19-24H,9-10,15-18H2,1-8H3/q+1. The molecule has 9 rings (SSSR count). The summed E-state index contributed by atoms with van der Waals surface area (Å²) in [6, 6.07) is 22.1. The first kappa shape index (κ1) is 25.8. The van der Waals surface area contributed by atoms with Crippen LogP contribution in [0.1, 0.15) is 122 Å². The Morgan fingerprint density at radius 1 is 0.585 bits per heavy atom. The lowest BCUT2D eigenvalue weighted by Crippen LogP contribution is -2.67. The molecular weight excluding hydrogens is 494 g/mol. The average Bonchev–Trinajstić information content (AvgIpc) is 3.20. The van der Waals surface area contributed by atoms with E-state index in [-0.39, 0.29) is 16.4 Å². The molecule has 2 bridgehead atoms. The third-order valence-electron chi connectivity index (χ3n) is 13.5. The summed E-state index contributed by atoms with van der Waals surface area (Å²) >= 11 is 0. The summed E-state index contributed by atoms with van der Waals surface area (Å²) in [6.07, 6.45) is 10.1. The second-order valence-electron chi connectivity index (χ2n) is 15.6. The molecule has 0 N–H and O–H groups in total. The van der Waals surface area contributed by atoms with Crippen LogP contribution in [0.5, 0.6) is 0 Å². The zero-order valence-corrected chi connectivity index (χ0v) is 26.5. The van der Waals surface area contributed by atoms with Gasteiger partial charge in [0, 0.05) is 30.2 Å². The molecule has 2 atom stereocenters. The van der Waals surface area contributed by atoms with Crippen molar-refractivity contribution >= 4 is 10.8 Å². The van der Waals surface area contributed by atoms with Crippen LogP contribution in [-0.2, 0) is 27.2 Å². The monoisotopic (exact) mass is 540 g/mol. The maximum absolute atomic E-state index is 2.71. The van der Waals surface area contributed by atoms with E-state index < -0.39 is 0 Å². The van der Waals surface area contributed by atoms with E-state index in [1.807, 2.05) is 0 Å². The Balaban J connectivity index is 1.46. The van der Waals surface area contributed by atoms with E-state index in [0.717, 1.165) is 12.8 Å². The first-order valence-corrected chi connectivity index (χ1v) is 16.2. The van der Waals surface area contributed by atoms with Crippen LogP contribution in [0.25, 0.3) is 33.2 Å². The molecule has 0 radical (unpaired) electrons. The number of rotatable bonds is 2. The van der Waals surface area contributed by atoms with Crippen molar-refractivity contribution in [1.29, 1.82) is 0 Å². The molecule has 41 heavy (non-hydrogen) atoms. The summed E-state index contributed by atoms with van der Waals surface area (Å²) in [5.41, 5.74) is 14.1. The largest absolute Gasteiger partial charge is 0.213 e. The predicted octanol–water partition coefficient (Wildman–Crippen LogP) is 10.0. The van der Waals surface area contributed by atoms with Gasteiger partial charge in [0.05, 0.1) is 11.0 Å². The van der Waals surface area contributed by atoms with Crippen molar-refractivity contribution in [3.8, 4) is 22.4 Å². The van der Waals surface area contributed by atoms with Crippen LogP contribution in [0.4, 0.5) is 0 Å². The van der Waals surface area contributed by atoms with Gasteiger partial charge in [-0.25, -0.2) is 0 Å². The highest BCUT2D eigenvalue weighted by Crippen LogP contribution is 2.58. The fourth-order valence-electron chi connectivity index (χ4n) is 9.91. The maximum Gasteiger partial charge on any atom is 0.213 e. The molecule has 0 spiro atoms. The highest BCUT2D eigenvalue weighted by atomic mass is 15.1. The van der Waals surface area contributed by atoms with E-state index in [0.29, 0.717) is 10.8 Å². The number of benzene rings is 3. The molecule has 1 heteroatoms. The molecule has 0 amide bonds. The second kappa shape index (κ2) is 7.71. The molecule has 0 saturated heterocycles. The first-order chi connectivity index (χ1) is 19.4. The van der Waals surface area contributed by atoms with Crippen LogP contribution in [0, 0.1) is 0 Å². The Morgan fingerprint density at radius 3 is 1.83 bits per heavy atom. The summed E-state index contributed by atoms with van der Waals surface area (Å²) in [7, 11) is 0. The Labute approximate surface area is 247 Å². The minimum absolute atomic E-state index is 0.000890. The number of aromatic nitrogens is 1. The van der Waals surface area contributed by atoms with Crippen molar-refractivity contribution in [1.82, 2.24) is 0 Å². The molecule has 1 fully saturated rings. The minimum atomic E-state index is -0.0229. The third kappa shape index (κ3) is 2.91. The van der Waals surface area contributed by atoms with E-state index >= 15 is 0 Å². The smallest absolute Gasteiger partial charge is 0.192 e. The summed E-state index contributed by atoms with van der Waals surface area (Å²) in [5.74, 6) is 0. The molecule has 1 aromatic heterocycles. The molecule has 2 unspecified atom stereocenters.